The van der Waals surface area contributed by atoms with Crippen LogP contribution in [0.2, 0.25) is 0 Å². The number of thioether (sulfide) groups is 1. The summed E-state index contributed by atoms with van der Waals surface area (Å²) in [4.78, 5) is 51.0. The minimum atomic E-state index is -1.05. The highest BCUT2D eigenvalue weighted by Crippen LogP contribution is 2.26. The lowest BCUT2D eigenvalue weighted by atomic mass is 10.1. The lowest BCUT2D eigenvalue weighted by Crippen LogP contribution is -2.47. The molecule has 28 heavy (non-hydrogen) atoms. The van der Waals surface area contributed by atoms with Gasteiger partial charge in [-0.25, -0.2) is 4.79 Å². The van der Waals surface area contributed by atoms with Gasteiger partial charge in [0.15, 0.2) is 6.61 Å². The standard InChI is InChI=1S/C20H26N2O5S/c1-4-13(5-2)21-17(23)12-27-20(26)16(10-11-28-3)22-18(24)14-8-6-7-9-15(14)19(22)25/h6-9,13,16H,4-5,10-12H2,1-3H3,(H,21,23)/t16-/m1/s1. The zero-order valence-corrected chi connectivity index (χ0v) is 17.2. The van der Waals surface area contributed by atoms with Crippen LogP contribution in [0, 0.1) is 0 Å². The number of esters is 1. The number of nitrogens with zero attached hydrogens (tertiary/aromatic N) is 1. The summed E-state index contributed by atoms with van der Waals surface area (Å²) in [5.41, 5.74) is 0.557. The molecule has 1 aromatic rings. The molecule has 0 saturated carbocycles. The number of hydrogen-bond donors (Lipinski definition) is 1. The minimum absolute atomic E-state index is 0.0229. The van der Waals surface area contributed by atoms with Crippen LogP contribution in [0.1, 0.15) is 53.8 Å². The third-order valence-electron chi connectivity index (χ3n) is 4.70. The first-order chi connectivity index (χ1) is 13.4. The van der Waals surface area contributed by atoms with E-state index in [-0.39, 0.29) is 23.6 Å². The zero-order valence-electron chi connectivity index (χ0n) is 16.4. The van der Waals surface area contributed by atoms with Crippen molar-refractivity contribution < 1.29 is 23.9 Å². The molecule has 0 aromatic heterocycles. The number of nitrogens with one attached hydrogen (secondary N) is 1. The van der Waals surface area contributed by atoms with Gasteiger partial charge >= 0.3 is 5.97 Å². The van der Waals surface area contributed by atoms with Crippen molar-refractivity contribution in [2.24, 2.45) is 0 Å². The van der Waals surface area contributed by atoms with Crippen LogP contribution >= 0.6 is 11.8 Å². The highest BCUT2D eigenvalue weighted by Gasteiger charge is 2.43. The molecule has 1 atom stereocenters. The molecule has 1 aliphatic heterocycles. The van der Waals surface area contributed by atoms with Crippen LogP contribution in [0.3, 0.4) is 0 Å². The quantitative estimate of drug-likeness (QED) is 0.473. The Labute approximate surface area is 169 Å². The molecule has 152 valence electrons. The Hall–Kier alpha value is -2.35. The Morgan fingerprint density at radius 1 is 1.11 bits per heavy atom. The molecule has 2 rings (SSSR count). The van der Waals surface area contributed by atoms with Crippen LogP contribution in [0.5, 0.6) is 0 Å². The molecule has 0 spiro atoms. The minimum Gasteiger partial charge on any atom is -0.454 e. The van der Waals surface area contributed by atoms with E-state index < -0.39 is 36.3 Å². The molecular weight excluding hydrogens is 380 g/mol. The number of benzene rings is 1. The predicted molar refractivity (Wildman–Crippen MR) is 107 cm³/mol. The average Bonchev–Trinajstić information content (AvgIpc) is 2.96. The Kier molecular flexibility index (Phi) is 8.04. The predicted octanol–water partition coefficient (Wildman–Crippen LogP) is 2.25. The van der Waals surface area contributed by atoms with Crippen LogP contribution in [0.25, 0.3) is 0 Å². The Morgan fingerprint density at radius 2 is 1.68 bits per heavy atom. The molecule has 0 aliphatic carbocycles. The highest BCUT2D eigenvalue weighted by molar-refractivity contribution is 7.98. The van der Waals surface area contributed by atoms with E-state index in [2.05, 4.69) is 5.32 Å². The summed E-state index contributed by atoms with van der Waals surface area (Å²) < 4.78 is 5.15. The van der Waals surface area contributed by atoms with Crippen molar-refractivity contribution in [3.05, 3.63) is 35.4 Å². The second kappa shape index (κ2) is 10.3. The molecule has 0 radical (unpaired) electrons. The van der Waals surface area contributed by atoms with E-state index in [1.165, 1.54) is 11.8 Å². The summed E-state index contributed by atoms with van der Waals surface area (Å²) in [6.45, 7) is 3.48. The molecule has 1 aromatic carbocycles. The number of fused-ring (bicyclic) bond motifs is 1. The normalized spacial score (nSPS) is 14.2. The van der Waals surface area contributed by atoms with Gasteiger partial charge in [0.1, 0.15) is 6.04 Å². The lowest BCUT2D eigenvalue weighted by Gasteiger charge is -2.24. The smallest absolute Gasteiger partial charge is 0.329 e. The molecule has 1 aliphatic rings. The van der Waals surface area contributed by atoms with Gasteiger partial charge in [-0.2, -0.15) is 11.8 Å². The summed E-state index contributed by atoms with van der Waals surface area (Å²) in [5.74, 6) is -1.60. The van der Waals surface area contributed by atoms with Crippen molar-refractivity contribution in [3.8, 4) is 0 Å². The molecule has 1 heterocycles. The number of amides is 3. The second-order valence-corrected chi connectivity index (χ2v) is 7.50. The van der Waals surface area contributed by atoms with Crippen molar-refractivity contribution in [1.29, 1.82) is 0 Å². The number of hydrogen-bond acceptors (Lipinski definition) is 6. The van der Waals surface area contributed by atoms with Crippen LogP contribution < -0.4 is 5.32 Å². The molecule has 1 N–H and O–H groups in total. The van der Waals surface area contributed by atoms with Gasteiger partial charge in [0.2, 0.25) is 0 Å². The van der Waals surface area contributed by atoms with Gasteiger partial charge < -0.3 is 10.1 Å². The Balaban J connectivity index is 2.09. The summed E-state index contributed by atoms with van der Waals surface area (Å²) in [5, 5.41) is 2.79. The lowest BCUT2D eigenvalue weighted by molar-refractivity contribution is -0.152. The van der Waals surface area contributed by atoms with Crippen molar-refractivity contribution in [2.45, 2.75) is 45.2 Å². The van der Waals surface area contributed by atoms with Crippen molar-refractivity contribution in [2.75, 3.05) is 18.6 Å². The van der Waals surface area contributed by atoms with Gasteiger partial charge in [-0.15, -0.1) is 0 Å². The van der Waals surface area contributed by atoms with Gasteiger partial charge in [0, 0.05) is 6.04 Å². The number of imide groups is 1. The maximum absolute atomic E-state index is 12.7. The van der Waals surface area contributed by atoms with Crippen molar-refractivity contribution >= 4 is 35.5 Å². The second-order valence-electron chi connectivity index (χ2n) is 6.51. The Bertz CT molecular complexity index is 713. The van der Waals surface area contributed by atoms with E-state index in [0.717, 1.165) is 17.7 Å². The fraction of sp³-hybridized carbons (Fsp3) is 0.500. The fourth-order valence-electron chi connectivity index (χ4n) is 3.07. The summed E-state index contributed by atoms with van der Waals surface area (Å²) >= 11 is 1.49. The van der Waals surface area contributed by atoms with E-state index in [1.54, 1.807) is 24.3 Å². The van der Waals surface area contributed by atoms with Crippen LogP contribution in [-0.2, 0) is 14.3 Å². The van der Waals surface area contributed by atoms with Gasteiger partial charge in [0.25, 0.3) is 17.7 Å². The first-order valence-electron chi connectivity index (χ1n) is 9.36. The molecule has 0 fully saturated rings. The largest absolute Gasteiger partial charge is 0.454 e. The van der Waals surface area contributed by atoms with Gasteiger partial charge in [-0.3, -0.25) is 19.3 Å². The van der Waals surface area contributed by atoms with E-state index in [9.17, 15) is 19.2 Å². The summed E-state index contributed by atoms with van der Waals surface area (Å²) in [6.07, 6.45) is 3.69. The van der Waals surface area contributed by atoms with Crippen LogP contribution in [0.4, 0.5) is 0 Å². The topological polar surface area (TPSA) is 92.8 Å². The molecule has 8 heteroatoms. The van der Waals surface area contributed by atoms with Gasteiger partial charge in [0.05, 0.1) is 11.1 Å². The molecule has 0 bridgehead atoms. The Morgan fingerprint density at radius 3 is 2.18 bits per heavy atom. The average molecular weight is 407 g/mol. The first kappa shape index (κ1) is 21.9. The summed E-state index contributed by atoms with van der Waals surface area (Å²) in [7, 11) is 0. The SMILES string of the molecule is CCC(CC)NC(=O)COC(=O)[C@@H](CCSC)N1C(=O)c2ccccc2C1=O. The maximum atomic E-state index is 12.7. The van der Waals surface area contributed by atoms with Crippen molar-refractivity contribution in [1.82, 2.24) is 10.2 Å². The van der Waals surface area contributed by atoms with E-state index in [4.69, 9.17) is 4.74 Å². The third kappa shape index (κ3) is 4.92. The van der Waals surface area contributed by atoms with E-state index in [0.29, 0.717) is 5.75 Å². The molecule has 0 saturated heterocycles. The fourth-order valence-corrected chi connectivity index (χ4v) is 3.53. The van der Waals surface area contributed by atoms with Crippen LogP contribution in [-0.4, -0.2) is 59.3 Å². The molecule has 3 amide bonds. The van der Waals surface area contributed by atoms with Gasteiger partial charge in [-0.05, 0) is 43.4 Å². The first-order valence-corrected chi connectivity index (χ1v) is 10.8. The molecule has 0 unspecified atom stereocenters. The molecular formula is C20H26N2O5S. The van der Waals surface area contributed by atoms with Crippen molar-refractivity contribution in [3.63, 3.8) is 0 Å². The third-order valence-corrected chi connectivity index (χ3v) is 5.34. The van der Waals surface area contributed by atoms with E-state index >= 15 is 0 Å². The maximum Gasteiger partial charge on any atom is 0.329 e. The summed E-state index contributed by atoms with van der Waals surface area (Å²) in [6, 6.07) is 5.44. The monoisotopic (exact) mass is 406 g/mol. The highest BCUT2D eigenvalue weighted by atomic mass is 32.2. The number of rotatable bonds is 10. The van der Waals surface area contributed by atoms with Gasteiger partial charge in [-0.1, -0.05) is 26.0 Å². The number of carbonyl (C=O) groups excluding carboxylic acids is 4. The molecule has 7 nitrogen and oxygen atoms in total. The zero-order chi connectivity index (χ0) is 20.7. The van der Waals surface area contributed by atoms with Crippen LogP contribution in [0.15, 0.2) is 24.3 Å². The number of ether oxygens (including phenoxy) is 1. The van der Waals surface area contributed by atoms with E-state index in [1.807, 2.05) is 20.1 Å². The number of carbonyl (C=O) groups is 4.